The third-order valence-corrected chi connectivity index (χ3v) is 4.63. The number of hydrogen-bond donors (Lipinski definition) is 1. The first-order chi connectivity index (χ1) is 10.6. The number of nitrogens with zero attached hydrogens (tertiary/aromatic N) is 1. The molecule has 2 amide bonds. The van der Waals surface area contributed by atoms with Crippen molar-refractivity contribution in [1.29, 1.82) is 0 Å². The van der Waals surface area contributed by atoms with Crippen LogP contribution in [0, 0.1) is 0 Å². The van der Waals surface area contributed by atoms with Gasteiger partial charge in [-0.3, -0.25) is 14.5 Å². The van der Waals surface area contributed by atoms with E-state index in [2.05, 4.69) is 6.58 Å². The monoisotopic (exact) mass is 301 g/mol. The molecule has 4 atom stereocenters. The molecule has 6 heteroatoms. The van der Waals surface area contributed by atoms with Gasteiger partial charge in [0, 0.05) is 0 Å². The van der Waals surface area contributed by atoms with E-state index in [-0.39, 0.29) is 25.0 Å². The van der Waals surface area contributed by atoms with Crippen molar-refractivity contribution >= 4 is 11.8 Å². The van der Waals surface area contributed by atoms with E-state index in [0.717, 1.165) is 0 Å². The molecule has 3 aliphatic rings. The Hall–Kier alpha value is -2.02. The summed E-state index contributed by atoms with van der Waals surface area (Å²) >= 11 is 0. The SMILES string of the molecule is C=C[C@@]1(O)CO[C@@H]2[C@@H](N3C(=O)c4ccccc4C3=O)CO[C@@H]21. The summed E-state index contributed by atoms with van der Waals surface area (Å²) in [6, 6.07) is 6.19. The van der Waals surface area contributed by atoms with Gasteiger partial charge in [-0.15, -0.1) is 6.58 Å². The van der Waals surface area contributed by atoms with Gasteiger partial charge in [0.15, 0.2) is 0 Å². The van der Waals surface area contributed by atoms with Crippen molar-refractivity contribution in [2.45, 2.75) is 23.9 Å². The molecule has 1 aromatic carbocycles. The van der Waals surface area contributed by atoms with Crippen LogP contribution < -0.4 is 0 Å². The van der Waals surface area contributed by atoms with Crippen molar-refractivity contribution in [3.63, 3.8) is 0 Å². The number of hydrogen-bond acceptors (Lipinski definition) is 5. The maximum atomic E-state index is 12.5. The minimum atomic E-state index is -1.28. The van der Waals surface area contributed by atoms with Gasteiger partial charge in [-0.05, 0) is 12.1 Å². The zero-order valence-corrected chi connectivity index (χ0v) is 11.8. The lowest BCUT2D eigenvalue weighted by Crippen LogP contribution is -2.48. The Morgan fingerprint density at radius 3 is 2.45 bits per heavy atom. The van der Waals surface area contributed by atoms with Crippen LogP contribution in [0.2, 0.25) is 0 Å². The third kappa shape index (κ3) is 1.60. The van der Waals surface area contributed by atoms with E-state index in [1.54, 1.807) is 24.3 Å². The molecule has 0 bridgehead atoms. The molecular formula is C16H15NO5. The lowest BCUT2D eigenvalue weighted by Gasteiger charge is -2.25. The Bertz CT molecular complexity index is 652. The third-order valence-electron chi connectivity index (χ3n) is 4.63. The van der Waals surface area contributed by atoms with Gasteiger partial charge in [-0.2, -0.15) is 0 Å². The van der Waals surface area contributed by atoms with Crippen molar-refractivity contribution < 1.29 is 24.2 Å². The van der Waals surface area contributed by atoms with Crippen LogP contribution in [0.15, 0.2) is 36.9 Å². The van der Waals surface area contributed by atoms with Crippen molar-refractivity contribution in [1.82, 2.24) is 4.90 Å². The number of rotatable bonds is 2. The maximum Gasteiger partial charge on any atom is 0.261 e. The second kappa shape index (κ2) is 4.49. The van der Waals surface area contributed by atoms with Gasteiger partial charge in [0.25, 0.3) is 11.8 Å². The number of carbonyl (C=O) groups excluding carboxylic acids is 2. The molecule has 2 saturated heterocycles. The second-order valence-corrected chi connectivity index (χ2v) is 5.82. The molecule has 3 heterocycles. The first-order valence-corrected chi connectivity index (χ1v) is 7.13. The molecule has 0 aliphatic carbocycles. The highest BCUT2D eigenvalue weighted by atomic mass is 16.6. The summed E-state index contributed by atoms with van der Waals surface area (Å²) in [5.41, 5.74) is -0.487. The quantitative estimate of drug-likeness (QED) is 0.631. The van der Waals surface area contributed by atoms with Gasteiger partial charge in [0.2, 0.25) is 0 Å². The maximum absolute atomic E-state index is 12.5. The lowest BCUT2D eigenvalue weighted by atomic mass is 9.95. The predicted molar refractivity (Wildman–Crippen MR) is 75.4 cm³/mol. The van der Waals surface area contributed by atoms with Crippen LogP contribution >= 0.6 is 0 Å². The topological polar surface area (TPSA) is 76.1 Å². The van der Waals surface area contributed by atoms with E-state index >= 15 is 0 Å². The second-order valence-electron chi connectivity index (χ2n) is 5.82. The van der Waals surface area contributed by atoms with E-state index < -0.39 is 23.9 Å². The van der Waals surface area contributed by atoms with Gasteiger partial charge in [-0.25, -0.2) is 0 Å². The summed E-state index contributed by atoms with van der Waals surface area (Å²) in [4.78, 5) is 26.2. The van der Waals surface area contributed by atoms with Gasteiger partial charge in [0.1, 0.15) is 17.8 Å². The minimum absolute atomic E-state index is 0.0471. The molecule has 4 rings (SSSR count). The van der Waals surface area contributed by atoms with Crippen LogP contribution in [0.1, 0.15) is 20.7 Å². The number of imide groups is 1. The summed E-state index contributed by atoms with van der Waals surface area (Å²) in [5, 5.41) is 10.4. The fourth-order valence-corrected chi connectivity index (χ4v) is 3.44. The molecule has 0 radical (unpaired) electrons. The standard InChI is InChI=1S/C16H15NO5/c1-2-16(20)8-22-12-11(7-21-13(12)16)17-14(18)9-5-3-4-6-10(9)15(17)19/h2-6,11-13,20H,1,7-8H2/t11-,12+,13-,16+/m0/s1. The van der Waals surface area contributed by atoms with Crippen LogP contribution in [0.25, 0.3) is 0 Å². The molecule has 0 saturated carbocycles. The van der Waals surface area contributed by atoms with Gasteiger partial charge in [0.05, 0.1) is 30.4 Å². The highest BCUT2D eigenvalue weighted by Gasteiger charge is 2.58. The Morgan fingerprint density at radius 1 is 1.23 bits per heavy atom. The van der Waals surface area contributed by atoms with Gasteiger partial charge < -0.3 is 14.6 Å². The Kier molecular flexibility index (Phi) is 2.78. The van der Waals surface area contributed by atoms with E-state index in [9.17, 15) is 14.7 Å². The first kappa shape index (κ1) is 13.6. The molecule has 3 aliphatic heterocycles. The molecule has 114 valence electrons. The highest BCUT2D eigenvalue weighted by molar-refractivity contribution is 6.21. The van der Waals surface area contributed by atoms with Gasteiger partial charge >= 0.3 is 0 Å². The fraction of sp³-hybridized carbons (Fsp3) is 0.375. The molecule has 1 N–H and O–H groups in total. The van der Waals surface area contributed by atoms with Crippen molar-refractivity contribution in [3.05, 3.63) is 48.0 Å². The minimum Gasteiger partial charge on any atom is -0.381 e. The molecular weight excluding hydrogens is 286 g/mol. The average molecular weight is 301 g/mol. The molecule has 6 nitrogen and oxygen atoms in total. The Morgan fingerprint density at radius 2 is 1.86 bits per heavy atom. The average Bonchev–Trinajstić information content (AvgIpc) is 3.16. The molecule has 0 aromatic heterocycles. The van der Waals surface area contributed by atoms with E-state index in [0.29, 0.717) is 11.1 Å². The summed E-state index contributed by atoms with van der Waals surface area (Å²) in [7, 11) is 0. The summed E-state index contributed by atoms with van der Waals surface area (Å²) in [6.45, 7) is 3.80. The molecule has 0 unspecified atom stereocenters. The summed E-state index contributed by atoms with van der Waals surface area (Å²) < 4.78 is 11.2. The fourth-order valence-electron chi connectivity index (χ4n) is 3.44. The van der Waals surface area contributed by atoms with Crippen LogP contribution in [0.3, 0.4) is 0 Å². The van der Waals surface area contributed by atoms with Crippen molar-refractivity contribution in [2.75, 3.05) is 13.2 Å². The number of carbonyl (C=O) groups is 2. The smallest absolute Gasteiger partial charge is 0.261 e. The van der Waals surface area contributed by atoms with E-state index in [1.165, 1.54) is 11.0 Å². The van der Waals surface area contributed by atoms with Gasteiger partial charge in [-0.1, -0.05) is 18.2 Å². The molecule has 1 aromatic rings. The largest absolute Gasteiger partial charge is 0.381 e. The first-order valence-electron chi connectivity index (χ1n) is 7.13. The van der Waals surface area contributed by atoms with Crippen LogP contribution in [0.4, 0.5) is 0 Å². The summed E-state index contributed by atoms with van der Waals surface area (Å²) in [6.07, 6.45) is 0.243. The number of amides is 2. The Labute approximate surface area is 126 Å². The number of aliphatic hydroxyl groups is 1. The van der Waals surface area contributed by atoms with Crippen molar-refractivity contribution in [2.24, 2.45) is 0 Å². The summed E-state index contributed by atoms with van der Waals surface area (Å²) in [5.74, 6) is -0.681. The predicted octanol–water partition coefficient (Wildman–Crippen LogP) is 0.366. The molecule has 2 fully saturated rings. The van der Waals surface area contributed by atoms with E-state index in [4.69, 9.17) is 9.47 Å². The zero-order chi connectivity index (χ0) is 15.5. The zero-order valence-electron chi connectivity index (χ0n) is 11.8. The number of ether oxygens (including phenoxy) is 2. The Balaban J connectivity index is 1.67. The van der Waals surface area contributed by atoms with Crippen LogP contribution in [0.5, 0.6) is 0 Å². The molecule has 22 heavy (non-hydrogen) atoms. The number of benzene rings is 1. The normalized spacial score (nSPS) is 36.6. The lowest BCUT2D eigenvalue weighted by molar-refractivity contribution is -0.0336. The van der Waals surface area contributed by atoms with E-state index in [1.807, 2.05) is 0 Å². The molecule has 0 spiro atoms. The van der Waals surface area contributed by atoms with Crippen LogP contribution in [-0.2, 0) is 9.47 Å². The number of fused-ring (bicyclic) bond motifs is 2. The van der Waals surface area contributed by atoms with Crippen LogP contribution in [-0.4, -0.2) is 58.9 Å². The highest BCUT2D eigenvalue weighted by Crippen LogP contribution is 2.39. The van der Waals surface area contributed by atoms with Crippen molar-refractivity contribution in [3.8, 4) is 0 Å².